The lowest BCUT2D eigenvalue weighted by atomic mass is 9.98. The third kappa shape index (κ3) is 4.22. The zero-order chi connectivity index (χ0) is 21.3. The molecule has 2 aromatic carbocycles. The van der Waals surface area contributed by atoms with Crippen LogP contribution >= 0.6 is 0 Å². The molecule has 7 heteroatoms. The minimum atomic E-state index is -0.938. The van der Waals surface area contributed by atoms with Crippen LogP contribution in [0.2, 0.25) is 0 Å². The van der Waals surface area contributed by atoms with E-state index < -0.39 is 11.0 Å². The van der Waals surface area contributed by atoms with Crippen LogP contribution in [0.3, 0.4) is 0 Å². The lowest BCUT2D eigenvalue weighted by Crippen LogP contribution is -2.31. The van der Waals surface area contributed by atoms with Crippen molar-refractivity contribution in [3.63, 3.8) is 0 Å². The van der Waals surface area contributed by atoms with E-state index in [9.17, 15) is 4.21 Å². The van der Waals surface area contributed by atoms with Gasteiger partial charge in [-0.2, -0.15) is 0 Å². The third-order valence-corrected chi connectivity index (χ3v) is 6.50. The molecule has 156 valence electrons. The summed E-state index contributed by atoms with van der Waals surface area (Å²) in [7, 11) is 2.93. The molecule has 1 aromatic heterocycles. The molecule has 4 rings (SSSR count). The molecule has 1 atom stereocenters. The Balaban J connectivity index is 1.62. The first kappa shape index (κ1) is 20.5. The van der Waals surface area contributed by atoms with Gasteiger partial charge in [0.25, 0.3) is 0 Å². The Kier molecular flexibility index (Phi) is 5.83. The highest BCUT2D eigenvalue weighted by atomic mass is 32.2. The van der Waals surface area contributed by atoms with Gasteiger partial charge in [-0.1, -0.05) is 18.2 Å². The van der Waals surface area contributed by atoms with Crippen molar-refractivity contribution in [2.45, 2.75) is 19.9 Å². The summed E-state index contributed by atoms with van der Waals surface area (Å²) in [5.74, 6) is 0.698. The Morgan fingerprint density at radius 2 is 1.90 bits per heavy atom. The van der Waals surface area contributed by atoms with Gasteiger partial charge in [0.15, 0.2) is 0 Å². The number of nitrogens with zero attached hydrogens (tertiary/aromatic N) is 4. The zero-order valence-corrected chi connectivity index (χ0v) is 18.7. The lowest BCUT2D eigenvalue weighted by molar-refractivity contribution is 0.424. The smallest absolute Gasteiger partial charge is 0.224 e. The Hall–Kier alpha value is -2.77. The quantitative estimate of drug-likeness (QED) is 0.677. The van der Waals surface area contributed by atoms with Crippen molar-refractivity contribution < 1.29 is 4.21 Å². The van der Waals surface area contributed by atoms with Gasteiger partial charge in [0.1, 0.15) is 0 Å². The summed E-state index contributed by atoms with van der Waals surface area (Å²) in [6, 6.07) is 12.7. The van der Waals surface area contributed by atoms with Crippen LogP contribution < -0.4 is 10.2 Å². The van der Waals surface area contributed by atoms with E-state index in [2.05, 4.69) is 58.6 Å². The third-order valence-electron chi connectivity index (χ3n) is 5.46. The monoisotopic (exact) mass is 421 g/mol. The number of nitrogens with one attached hydrogen (secondary N) is 1. The van der Waals surface area contributed by atoms with Crippen LogP contribution in [0.15, 0.2) is 48.8 Å². The fourth-order valence-electron chi connectivity index (χ4n) is 3.78. The highest BCUT2D eigenvalue weighted by molar-refractivity contribution is 7.81. The number of aromatic nitrogens is 2. The highest BCUT2D eigenvalue weighted by Gasteiger charge is 2.20. The minimum Gasteiger partial charge on any atom is -0.355 e. The van der Waals surface area contributed by atoms with Gasteiger partial charge >= 0.3 is 0 Å². The number of hydrogen-bond acceptors (Lipinski definition) is 5. The molecule has 0 spiro atoms. The number of anilines is 3. The summed E-state index contributed by atoms with van der Waals surface area (Å²) in [5.41, 5.74) is 7.98. The van der Waals surface area contributed by atoms with Gasteiger partial charge in [-0.25, -0.2) is 18.5 Å². The van der Waals surface area contributed by atoms with Crippen molar-refractivity contribution in [3.8, 4) is 11.1 Å². The molecule has 6 nitrogen and oxygen atoms in total. The normalized spacial score (nSPS) is 14.8. The van der Waals surface area contributed by atoms with E-state index in [0.29, 0.717) is 5.95 Å². The molecule has 1 aliphatic rings. The molecule has 0 saturated heterocycles. The fraction of sp³-hybridized carbons (Fsp3) is 0.304. The van der Waals surface area contributed by atoms with Gasteiger partial charge < -0.3 is 10.2 Å². The topological polar surface area (TPSA) is 61.4 Å². The molecular weight excluding hydrogens is 394 g/mol. The van der Waals surface area contributed by atoms with Gasteiger partial charge in [0, 0.05) is 62.8 Å². The van der Waals surface area contributed by atoms with Crippen LogP contribution in [-0.4, -0.2) is 45.4 Å². The molecule has 1 N–H and O–H groups in total. The van der Waals surface area contributed by atoms with Crippen molar-refractivity contribution >= 4 is 28.3 Å². The van der Waals surface area contributed by atoms with Crippen LogP contribution in [0.25, 0.3) is 11.1 Å². The average Bonchev–Trinajstić information content (AvgIpc) is 2.75. The Bertz CT molecular complexity index is 1080. The number of hydrogen-bond donors (Lipinski definition) is 1. The van der Waals surface area contributed by atoms with E-state index in [1.165, 1.54) is 16.7 Å². The summed E-state index contributed by atoms with van der Waals surface area (Å²) in [6.45, 7) is 3.63. The summed E-state index contributed by atoms with van der Waals surface area (Å²) < 4.78 is 13.9. The first-order valence-electron chi connectivity index (χ1n) is 9.99. The predicted octanol–water partition coefficient (Wildman–Crippen LogP) is 3.91. The molecule has 2 heterocycles. The largest absolute Gasteiger partial charge is 0.355 e. The summed E-state index contributed by atoms with van der Waals surface area (Å²) in [6.07, 6.45) is 6.38. The predicted molar refractivity (Wildman–Crippen MR) is 124 cm³/mol. The summed E-state index contributed by atoms with van der Waals surface area (Å²) in [5, 5.41) is 3.60. The maximum Gasteiger partial charge on any atom is 0.224 e. The Labute approximate surface area is 180 Å². The van der Waals surface area contributed by atoms with E-state index in [1.54, 1.807) is 6.26 Å². The molecule has 0 fully saturated rings. The average molecular weight is 422 g/mol. The Morgan fingerprint density at radius 1 is 1.13 bits per heavy atom. The van der Waals surface area contributed by atoms with Gasteiger partial charge in [-0.15, -0.1) is 0 Å². The Morgan fingerprint density at radius 3 is 2.60 bits per heavy atom. The molecular formula is C23H27N5OS. The molecule has 1 aliphatic heterocycles. The van der Waals surface area contributed by atoms with Crippen molar-refractivity contribution in [3.05, 3.63) is 65.5 Å². The van der Waals surface area contributed by atoms with Crippen LogP contribution in [0.4, 0.5) is 17.3 Å². The van der Waals surface area contributed by atoms with Crippen molar-refractivity contribution in [2.75, 3.05) is 37.1 Å². The molecule has 0 radical (unpaired) electrons. The van der Waals surface area contributed by atoms with Gasteiger partial charge in [-0.3, -0.25) is 0 Å². The molecule has 0 bridgehead atoms. The zero-order valence-electron chi connectivity index (χ0n) is 17.8. The summed E-state index contributed by atoms with van der Waals surface area (Å²) >= 11 is 0. The SMILES string of the molecule is Cc1ccc(Nc2cccc3c2CCN(S(C)=O)C3)cc1-c1cnc(N(C)C)nc1. The van der Waals surface area contributed by atoms with Crippen LogP contribution in [0.5, 0.6) is 0 Å². The van der Waals surface area contributed by atoms with E-state index in [-0.39, 0.29) is 0 Å². The summed E-state index contributed by atoms with van der Waals surface area (Å²) in [4.78, 5) is 10.8. The molecule has 3 aromatic rings. The first-order valence-corrected chi connectivity index (χ1v) is 11.5. The standard InChI is InChI=1S/C23H27N5OS/c1-16-8-9-19(12-21(16)18-13-24-23(25-14-18)27(2)3)26-22-7-5-6-17-15-28(30(4)29)11-10-20(17)22/h5-9,12-14,26H,10-11,15H2,1-4H3. The fourth-order valence-corrected chi connectivity index (χ4v) is 4.45. The number of rotatable bonds is 5. The molecule has 0 amide bonds. The molecule has 30 heavy (non-hydrogen) atoms. The van der Waals surface area contributed by atoms with E-state index in [1.807, 2.05) is 35.7 Å². The maximum atomic E-state index is 11.9. The molecule has 0 aliphatic carbocycles. The van der Waals surface area contributed by atoms with Crippen LogP contribution in [-0.2, 0) is 24.0 Å². The van der Waals surface area contributed by atoms with Gasteiger partial charge in [0.2, 0.25) is 5.95 Å². The highest BCUT2D eigenvalue weighted by Crippen LogP contribution is 2.32. The van der Waals surface area contributed by atoms with E-state index in [4.69, 9.17) is 0 Å². The first-order chi connectivity index (χ1) is 14.4. The number of benzene rings is 2. The van der Waals surface area contributed by atoms with Crippen LogP contribution in [0.1, 0.15) is 16.7 Å². The maximum absolute atomic E-state index is 11.9. The van der Waals surface area contributed by atoms with Gasteiger partial charge in [0.05, 0.1) is 11.0 Å². The second-order valence-corrected chi connectivity index (χ2v) is 9.17. The lowest BCUT2D eigenvalue weighted by Gasteiger charge is -2.28. The number of fused-ring (bicyclic) bond motifs is 1. The second kappa shape index (κ2) is 8.53. The molecule has 0 saturated carbocycles. The van der Waals surface area contributed by atoms with Crippen molar-refractivity contribution in [2.24, 2.45) is 0 Å². The number of aryl methyl sites for hydroxylation is 1. The minimum absolute atomic E-state index is 0.698. The van der Waals surface area contributed by atoms with Crippen molar-refractivity contribution in [1.29, 1.82) is 0 Å². The van der Waals surface area contributed by atoms with E-state index >= 15 is 0 Å². The van der Waals surface area contributed by atoms with Gasteiger partial charge in [-0.05, 0) is 53.8 Å². The molecule has 1 unspecified atom stereocenters. The van der Waals surface area contributed by atoms with E-state index in [0.717, 1.165) is 42.0 Å². The van der Waals surface area contributed by atoms with Crippen LogP contribution in [0, 0.1) is 6.92 Å². The van der Waals surface area contributed by atoms with Crippen molar-refractivity contribution in [1.82, 2.24) is 14.3 Å². The second-order valence-electron chi connectivity index (χ2n) is 7.80.